The number of hydrogen-bond donors (Lipinski definition) is 2. The normalized spacial score (nSPS) is 16.4. The largest absolute Gasteiger partial charge is 0.489 e. The Morgan fingerprint density at radius 2 is 1.83 bits per heavy atom. The van der Waals surface area contributed by atoms with Crippen molar-refractivity contribution in [3.8, 4) is 5.75 Å². The third-order valence-electron chi connectivity index (χ3n) is 5.55. The molecule has 2 aromatic carbocycles. The van der Waals surface area contributed by atoms with Crippen LogP contribution in [0, 0.1) is 0 Å². The second-order valence-corrected chi connectivity index (χ2v) is 7.62. The Morgan fingerprint density at radius 3 is 2.62 bits per heavy atom. The first-order valence-electron chi connectivity index (χ1n) is 10.2. The van der Waals surface area contributed by atoms with Crippen molar-refractivity contribution in [3.63, 3.8) is 0 Å². The molecule has 1 aliphatic heterocycles. The van der Waals surface area contributed by atoms with E-state index in [9.17, 15) is 9.59 Å². The molecule has 0 fully saturated rings. The maximum Gasteiger partial charge on any atom is 0.221 e. The number of aryl methyl sites for hydroxylation is 1. The Labute approximate surface area is 171 Å². The molecule has 1 aliphatic carbocycles. The fraction of sp³-hybridized carbons (Fsp3) is 0.333. The van der Waals surface area contributed by atoms with Gasteiger partial charge in [-0.2, -0.15) is 0 Å². The molecule has 0 unspecified atom stereocenters. The van der Waals surface area contributed by atoms with Gasteiger partial charge in [0.2, 0.25) is 5.91 Å². The summed E-state index contributed by atoms with van der Waals surface area (Å²) in [5.41, 5.74) is 6.46. The zero-order chi connectivity index (χ0) is 20.2. The maximum absolute atomic E-state index is 12.0. The van der Waals surface area contributed by atoms with Crippen LogP contribution in [0.3, 0.4) is 0 Å². The molecule has 4 rings (SSSR count). The Bertz CT molecular complexity index is 961. The summed E-state index contributed by atoms with van der Waals surface area (Å²) < 4.78 is 6.11. The summed E-state index contributed by atoms with van der Waals surface area (Å²) in [6.07, 6.45) is 3.30. The van der Waals surface area contributed by atoms with Crippen LogP contribution >= 0.6 is 0 Å². The van der Waals surface area contributed by atoms with Gasteiger partial charge in [-0.25, -0.2) is 0 Å². The van der Waals surface area contributed by atoms with Crippen molar-refractivity contribution in [2.24, 2.45) is 0 Å². The number of hydrogen-bond acceptors (Lipinski definition) is 4. The van der Waals surface area contributed by atoms with Crippen LogP contribution in [0.1, 0.15) is 47.7 Å². The summed E-state index contributed by atoms with van der Waals surface area (Å²) in [7, 11) is 0. The van der Waals surface area contributed by atoms with E-state index in [1.807, 2.05) is 30.3 Å². The first-order chi connectivity index (χ1) is 14.1. The minimum Gasteiger partial charge on any atom is -0.489 e. The predicted octanol–water partition coefficient (Wildman–Crippen LogP) is 3.99. The lowest BCUT2D eigenvalue weighted by molar-refractivity contribution is -0.114. The molecule has 0 spiro atoms. The lowest BCUT2D eigenvalue weighted by atomic mass is 9.96. The Balaban J connectivity index is 1.54. The minimum absolute atomic E-state index is 0.0717. The highest BCUT2D eigenvalue weighted by molar-refractivity contribution is 6.00. The minimum atomic E-state index is -0.0717. The molecule has 0 saturated heterocycles. The molecule has 29 heavy (non-hydrogen) atoms. The number of amides is 1. The Hall–Kier alpha value is -2.92. The number of fused-ring (bicyclic) bond motifs is 1. The summed E-state index contributed by atoms with van der Waals surface area (Å²) in [4.78, 5) is 23.2. The van der Waals surface area contributed by atoms with E-state index in [-0.39, 0.29) is 11.7 Å². The van der Waals surface area contributed by atoms with E-state index in [1.54, 1.807) is 0 Å². The summed E-state index contributed by atoms with van der Waals surface area (Å²) in [6.45, 7) is 3.88. The van der Waals surface area contributed by atoms with Crippen LogP contribution in [0.4, 0.5) is 5.69 Å². The molecule has 1 heterocycles. The Morgan fingerprint density at radius 1 is 1.03 bits per heavy atom. The lowest BCUT2D eigenvalue weighted by Crippen LogP contribution is -2.14. The van der Waals surface area contributed by atoms with E-state index >= 15 is 0 Å². The van der Waals surface area contributed by atoms with Gasteiger partial charge in [0.05, 0.1) is 0 Å². The first-order valence-corrected chi connectivity index (χ1v) is 10.2. The molecule has 1 amide bonds. The second kappa shape index (κ2) is 8.62. The number of ketones is 1. The van der Waals surface area contributed by atoms with E-state index in [4.69, 9.17) is 4.74 Å². The van der Waals surface area contributed by atoms with Crippen LogP contribution in [0.25, 0.3) is 5.57 Å². The number of Topliss-reactive ketones (excluding diaryl/α,β-unsaturated/α-hetero) is 1. The van der Waals surface area contributed by atoms with Crippen molar-refractivity contribution in [2.75, 3.05) is 25.0 Å². The number of carbonyl (C=O) groups is 2. The second-order valence-electron chi connectivity index (χ2n) is 7.62. The number of rotatable bonds is 5. The predicted molar refractivity (Wildman–Crippen MR) is 114 cm³/mol. The van der Waals surface area contributed by atoms with Gasteiger partial charge in [-0.15, -0.1) is 0 Å². The molecule has 0 saturated carbocycles. The fourth-order valence-corrected chi connectivity index (χ4v) is 4.05. The zero-order valence-corrected chi connectivity index (χ0v) is 16.7. The number of anilines is 1. The smallest absolute Gasteiger partial charge is 0.221 e. The van der Waals surface area contributed by atoms with Crippen molar-refractivity contribution >= 4 is 23.0 Å². The van der Waals surface area contributed by atoms with Gasteiger partial charge < -0.3 is 15.4 Å². The van der Waals surface area contributed by atoms with Gasteiger partial charge in [-0.1, -0.05) is 18.2 Å². The standard InChI is InChI=1S/C24H26N2O3/c1-16(27)26-20-6-2-17(3-7-20)22-11-13-25-12-10-19(22)15-29-21-8-4-18-5-9-24(28)23(18)14-21/h2-4,6-8,14,25H,5,9-13,15H2,1H3,(H,26,27). The summed E-state index contributed by atoms with van der Waals surface area (Å²) in [5, 5.41) is 6.26. The Kier molecular flexibility index (Phi) is 5.76. The number of nitrogens with one attached hydrogen (secondary N) is 2. The third kappa shape index (κ3) is 4.57. The van der Waals surface area contributed by atoms with Gasteiger partial charge in [-0.3, -0.25) is 9.59 Å². The molecule has 0 aromatic heterocycles. The molecule has 150 valence electrons. The first kappa shape index (κ1) is 19.4. The van der Waals surface area contributed by atoms with Crippen LogP contribution < -0.4 is 15.4 Å². The lowest BCUT2D eigenvalue weighted by Gasteiger charge is -2.15. The number of ether oxygens (including phenoxy) is 1. The zero-order valence-electron chi connectivity index (χ0n) is 16.7. The molecular weight excluding hydrogens is 364 g/mol. The molecule has 2 aliphatic rings. The van der Waals surface area contributed by atoms with E-state index in [1.165, 1.54) is 18.1 Å². The topological polar surface area (TPSA) is 67.4 Å². The van der Waals surface area contributed by atoms with Gasteiger partial charge in [0.15, 0.2) is 5.78 Å². The van der Waals surface area contributed by atoms with E-state index in [0.717, 1.165) is 60.5 Å². The molecule has 2 N–H and O–H groups in total. The van der Waals surface area contributed by atoms with E-state index in [0.29, 0.717) is 13.0 Å². The van der Waals surface area contributed by atoms with Crippen LogP contribution in [0.2, 0.25) is 0 Å². The highest BCUT2D eigenvalue weighted by atomic mass is 16.5. The SMILES string of the molecule is CC(=O)Nc1ccc(C2=C(COc3ccc4c(c3)C(=O)CC4)CCNCC2)cc1. The molecule has 5 nitrogen and oxygen atoms in total. The molecular formula is C24H26N2O3. The van der Waals surface area contributed by atoms with Crippen LogP contribution in [-0.4, -0.2) is 31.4 Å². The molecule has 0 atom stereocenters. The number of carbonyl (C=O) groups excluding carboxylic acids is 2. The van der Waals surface area contributed by atoms with Gasteiger partial charge in [0.1, 0.15) is 12.4 Å². The van der Waals surface area contributed by atoms with Crippen LogP contribution in [-0.2, 0) is 11.2 Å². The quantitative estimate of drug-likeness (QED) is 0.810. The van der Waals surface area contributed by atoms with Crippen molar-refractivity contribution in [3.05, 3.63) is 64.7 Å². The van der Waals surface area contributed by atoms with Crippen molar-refractivity contribution < 1.29 is 14.3 Å². The van der Waals surface area contributed by atoms with E-state index < -0.39 is 0 Å². The highest BCUT2D eigenvalue weighted by Gasteiger charge is 2.20. The van der Waals surface area contributed by atoms with Crippen LogP contribution in [0.15, 0.2) is 48.0 Å². The molecule has 5 heteroatoms. The van der Waals surface area contributed by atoms with Crippen LogP contribution in [0.5, 0.6) is 5.75 Å². The van der Waals surface area contributed by atoms with Crippen molar-refractivity contribution in [2.45, 2.75) is 32.6 Å². The average molecular weight is 390 g/mol. The summed E-state index contributed by atoms with van der Waals surface area (Å²) in [5.74, 6) is 0.893. The van der Waals surface area contributed by atoms with Crippen molar-refractivity contribution in [1.82, 2.24) is 5.32 Å². The van der Waals surface area contributed by atoms with Gasteiger partial charge in [-0.05, 0) is 78.9 Å². The average Bonchev–Trinajstić information content (AvgIpc) is 2.93. The monoisotopic (exact) mass is 390 g/mol. The molecule has 0 bridgehead atoms. The maximum atomic E-state index is 12.0. The fourth-order valence-electron chi connectivity index (χ4n) is 4.05. The molecule has 0 radical (unpaired) electrons. The highest BCUT2D eigenvalue weighted by Crippen LogP contribution is 2.29. The third-order valence-corrected chi connectivity index (χ3v) is 5.55. The summed E-state index contributed by atoms with van der Waals surface area (Å²) >= 11 is 0. The van der Waals surface area contributed by atoms with Gasteiger partial charge >= 0.3 is 0 Å². The van der Waals surface area contributed by atoms with Gasteiger partial charge in [0, 0.05) is 24.6 Å². The number of benzene rings is 2. The van der Waals surface area contributed by atoms with Gasteiger partial charge in [0.25, 0.3) is 0 Å². The molecule has 2 aromatic rings. The van der Waals surface area contributed by atoms with Crippen molar-refractivity contribution in [1.29, 1.82) is 0 Å². The summed E-state index contributed by atoms with van der Waals surface area (Å²) in [6, 6.07) is 13.9. The van der Waals surface area contributed by atoms with E-state index in [2.05, 4.69) is 22.8 Å².